The van der Waals surface area contributed by atoms with Crippen LogP contribution in [-0.4, -0.2) is 15.0 Å². The summed E-state index contributed by atoms with van der Waals surface area (Å²) < 4.78 is 32.6. The van der Waals surface area contributed by atoms with Gasteiger partial charge in [-0.15, -0.1) is 0 Å². The summed E-state index contributed by atoms with van der Waals surface area (Å²) in [5.41, 5.74) is 6.19. The molecule has 0 saturated carbocycles. The van der Waals surface area contributed by atoms with Crippen molar-refractivity contribution >= 4 is 10.0 Å². The maximum absolute atomic E-state index is 14.7. The molecular weight excluding hydrogens is 548 g/mol. The lowest BCUT2D eigenvalue weighted by Gasteiger charge is -2.31. The molecule has 0 radical (unpaired) electrons. The summed E-state index contributed by atoms with van der Waals surface area (Å²) in [7, 11) is -3.92. The molecule has 0 saturated heterocycles. The summed E-state index contributed by atoms with van der Waals surface area (Å²) in [6.07, 6.45) is 1.89. The average Bonchev–Trinajstić information content (AvgIpc) is 3.00. The van der Waals surface area contributed by atoms with Crippen molar-refractivity contribution in [1.82, 2.24) is 10.0 Å². The summed E-state index contributed by atoms with van der Waals surface area (Å²) >= 11 is 0. The van der Waals surface area contributed by atoms with Crippen LogP contribution in [0.1, 0.15) is 111 Å². The van der Waals surface area contributed by atoms with Gasteiger partial charge >= 0.3 is 0 Å². The molecule has 2 N–H and O–H groups in total. The Labute approximate surface area is 260 Å². The SMILES string of the molecule is CC(C)c1cc(C(C)C)c(S(=O)(=O)NC(c2ccccc2)[C@@H](NCCCc2ccccc2)c2ccccc2)c(C(C)C)c1. The Balaban J connectivity index is 1.77. The number of nitrogens with one attached hydrogen (secondary N) is 2. The topological polar surface area (TPSA) is 58.2 Å². The number of hydrogen-bond donors (Lipinski definition) is 2. The van der Waals surface area contributed by atoms with Gasteiger partial charge in [0.05, 0.1) is 17.0 Å². The maximum atomic E-state index is 14.7. The van der Waals surface area contributed by atoms with E-state index in [-0.39, 0.29) is 17.9 Å². The monoisotopic (exact) mass is 596 g/mol. The van der Waals surface area contributed by atoms with E-state index in [1.54, 1.807) is 0 Å². The molecule has 0 bridgehead atoms. The van der Waals surface area contributed by atoms with Crippen LogP contribution in [0.3, 0.4) is 0 Å². The van der Waals surface area contributed by atoms with Gasteiger partial charge in [-0.3, -0.25) is 0 Å². The molecule has 4 aromatic rings. The predicted octanol–water partition coefficient (Wildman–Crippen LogP) is 9.04. The van der Waals surface area contributed by atoms with Crippen molar-refractivity contribution in [2.24, 2.45) is 0 Å². The first-order valence-electron chi connectivity index (χ1n) is 15.7. The number of aryl methyl sites for hydroxylation is 1. The molecule has 2 atom stereocenters. The Morgan fingerprint density at radius 1 is 0.581 bits per heavy atom. The summed E-state index contributed by atoms with van der Waals surface area (Å²) in [4.78, 5) is 0.429. The van der Waals surface area contributed by atoms with E-state index in [0.717, 1.165) is 41.6 Å². The van der Waals surface area contributed by atoms with Crippen LogP contribution in [-0.2, 0) is 16.4 Å². The fourth-order valence-electron chi connectivity index (χ4n) is 5.70. The molecule has 4 aromatic carbocycles. The first kappa shape index (κ1) is 32.7. The van der Waals surface area contributed by atoms with E-state index in [0.29, 0.717) is 10.8 Å². The van der Waals surface area contributed by atoms with Crippen LogP contribution >= 0.6 is 0 Å². The molecule has 0 spiro atoms. The molecule has 1 unspecified atom stereocenters. The highest BCUT2D eigenvalue weighted by molar-refractivity contribution is 7.89. The number of hydrogen-bond acceptors (Lipinski definition) is 3. The van der Waals surface area contributed by atoms with Crippen molar-refractivity contribution in [3.63, 3.8) is 0 Å². The summed E-state index contributed by atoms with van der Waals surface area (Å²) in [5, 5.41) is 3.75. The van der Waals surface area contributed by atoms with Gasteiger partial charge in [0.25, 0.3) is 0 Å². The van der Waals surface area contributed by atoms with Gasteiger partial charge in [-0.25, -0.2) is 13.1 Å². The van der Waals surface area contributed by atoms with Crippen molar-refractivity contribution in [3.8, 4) is 0 Å². The fourth-order valence-corrected chi connectivity index (χ4v) is 7.63. The van der Waals surface area contributed by atoms with Gasteiger partial charge in [-0.1, -0.05) is 145 Å². The molecule has 0 amide bonds. The van der Waals surface area contributed by atoms with Gasteiger partial charge in [-0.05, 0) is 70.5 Å². The number of sulfonamides is 1. The quantitative estimate of drug-likeness (QED) is 0.143. The molecule has 43 heavy (non-hydrogen) atoms. The molecule has 4 nitrogen and oxygen atoms in total. The number of benzene rings is 4. The molecular formula is C38H48N2O2S. The highest BCUT2D eigenvalue weighted by Crippen LogP contribution is 2.37. The molecule has 0 fully saturated rings. The zero-order valence-corrected chi connectivity index (χ0v) is 27.4. The Hall–Kier alpha value is -3.25. The van der Waals surface area contributed by atoms with E-state index in [1.807, 2.05) is 54.6 Å². The lowest BCUT2D eigenvalue weighted by atomic mass is 9.89. The summed E-state index contributed by atoms with van der Waals surface area (Å²) in [6, 6.07) is 34.0. The van der Waals surface area contributed by atoms with E-state index >= 15 is 0 Å². The van der Waals surface area contributed by atoms with Gasteiger partial charge in [0.1, 0.15) is 0 Å². The maximum Gasteiger partial charge on any atom is 0.241 e. The van der Waals surface area contributed by atoms with Crippen LogP contribution in [0.2, 0.25) is 0 Å². The van der Waals surface area contributed by atoms with Gasteiger partial charge < -0.3 is 5.32 Å². The standard InChI is InChI=1S/C38H48N2O2S/c1-27(2)33-25-34(28(3)4)38(35(26-33)29(5)6)43(41,42)40-37(32-22-14-9-15-23-32)36(31-20-12-8-13-21-31)39-24-16-19-30-17-10-7-11-18-30/h7-15,17-18,20-23,25-29,36-37,39-40H,16,19,24H2,1-6H3/t36-,37?/m0/s1. The fraction of sp³-hybridized carbons (Fsp3) is 0.368. The van der Waals surface area contributed by atoms with E-state index in [1.165, 1.54) is 11.1 Å². The van der Waals surface area contributed by atoms with Gasteiger partial charge in [0.15, 0.2) is 0 Å². The highest BCUT2D eigenvalue weighted by atomic mass is 32.2. The summed E-state index contributed by atoms with van der Waals surface area (Å²) in [5.74, 6) is 0.414. The number of rotatable bonds is 14. The van der Waals surface area contributed by atoms with E-state index in [9.17, 15) is 8.42 Å². The van der Waals surface area contributed by atoms with Crippen LogP contribution in [0.15, 0.2) is 108 Å². The molecule has 228 valence electrons. The van der Waals surface area contributed by atoms with Crippen LogP contribution in [0.5, 0.6) is 0 Å². The Morgan fingerprint density at radius 3 is 1.51 bits per heavy atom. The van der Waals surface area contributed by atoms with E-state index < -0.39 is 16.1 Å². The molecule has 0 aliphatic heterocycles. The lowest BCUT2D eigenvalue weighted by molar-refractivity contribution is 0.420. The van der Waals surface area contributed by atoms with Gasteiger partial charge in [0.2, 0.25) is 10.0 Å². The second-order valence-corrected chi connectivity index (χ2v) is 14.1. The van der Waals surface area contributed by atoms with Gasteiger partial charge in [0, 0.05) is 0 Å². The minimum atomic E-state index is -3.92. The van der Waals surface area contributed by atoms with Crippen molar-refractivity contribution in [2.75, 3.05) is 6.54 Å². The van der Waals surface area contributed by atoms with Crippen LogP contribution < -0.4 is 10.0 Å². The zero-order valence-electron chi connectivity index (χ0n) is 26.5. The Morgan fingerprint density at radius 2 is 1.05 bits per heavy atom. The third kappa shape index (κ3) is 8.44. The largest absolute Gasteiger partial charge is 0.308 e. The average molecular weight is 597 g/mol. The molecule has 0 heterocycles. The van der Waals surface area contributed by atoms with Crippen LogP contribution in [0, 0.1) is 0 Å². The second-order valence-electron chi connectivity index (χ2n) is 12.4. The van der Waals surface area contributed by atoms with Crippen LogP contribution in [0.4, 0.5) is 0 Å². The molecule has 0 aliphatic carbocycles. The third-order valence-corrected chi connectivity index (χ3v) is 9.70. The van der Waals surface area contributed by atoms with Crippen molar-refractivity contribution < 1.29 is 8.42 Å². The summed E-state index contributed by atoms with van der Waals surface area (Å²) in [6.45, 7) is 13.4. The second kappa shape index (κ2) is 15.0. The van der Waals surface area contributed by atoms with Crippen molar-refractivity contribution in [1.29, 1.82) is 0 Å². The Kier molecular flexibility index (Phi) is 11.4. The smallest absolute Gasteiger partial charge is 0.241 e. The lowest BCUT2D eigenvalue weighted by Crippen LogP contribution is -2.39. The minimum Gasteiger partial charge on any atom is -0.308 e. The molecule has 5 heteroatoms. The minimum absolute atomic E-state index is 0.0546. The third-order valence-electron chi connectivity index (χ3n) is 8.13. The molecule has 0 aromatic heterocycles. The predicted molar refractivity (Wildman–Crippen MR) is 180 cm³/mol. The first-order valence-corrected chi connectivity index (χ1v) is 17.1. The van der Waals surface area contributed by atoms with Gasteiger partial charge in [-0.2, -0.15) is 0 Å². The van der Waals surface area contributed by atoms with Crippen LogP contribution in [0.25, 0.3) is 0 Å². The van der Waals surface area contributed by atoms with E-state index in [4.69, 9.17) is 0 Å². The molecule has 4 rings (SSSR count). The normalized spacial score (nSPS) is 13.5. The van der Waals surface area contributed by atoms with Crippen molar-refractivity contribution in [2.45, 2.75) is 89.1 Å². The Bertz CT molecular complexity index is 1500. The molecule has 0 aliphatic rings. The highest BCUT2D eigenvalue weighted by Gasteiger charge is 2.33. The zero-order chi connectivity index (χ0) is 31.0. The first-order chi connectivity index (χ1) is 20.6. The van der Waals surface area contributed by atoms with E-state index in [2.05, 4.69) is 100 Å². The van der Waals surface area contributed by atoms with Crippen molar-refractivity contribution in [3.05, 3.63) is 137 Å².